The van der Waals surface area contributed by atoms with Gasteiger partial charge in [0.15, 0.2) is 11.6 Å². The molecule has 0 spiro atoms. The number of benzene rings is 1. The molecule has 0 amide bonds. The first-order chi connectivity index (χ1) is 8.31. The minimum Gasteiger partial charge on any atom is -0.494 e. The average molecular weight is 258 g/mol. The SMILES string of the molecule is COC(=O)C(C)(C)Cc1cc(F)c(OC)cc1F. The molecule has 1 aromatic carbocycles. The highest BCUT2D eigenvalue weighted by Gasteiger charge is 2.30. The maximum Gasteiger partial charge on any atom is 0.311 e. The molecule has 18 heavy (non-hydrogen) atoms. The number of carbonyl (C=O) groups is 1. The van der Waals surface area contributed by atoms with Crippen molar-refractivity contribution >= 4 is 5.97 Å². The smallest absolute Gasteiger partial charge is 0.311 e. The third-order valence-corrected chi connectivity index (χ3v) is 2.69. The number of methoxy groups -OCH3 is 2. The summed E-state index contributed by atoms with van der Waals surface area (Å²) in [6.45, 7) is 3.22. The Labute approximate surface area is 105 Å². The maximum atomic E-state index is 13.7. The Balaban J connectivity index is 3.05. The minimum absolute atomic E-state index is 0.0480. The molecular formula is C13H16F2O3. The van der Waals surface area contributed by atoms with E-state index in [4.69, 9.17) is 0 Å². The van der Waals surface area contributed by atoms with Crippen LogP contribution in [0.15, 0.2) is 12.1 Å². The maximum absolute atomic E-state index is 13.7. The minimum atomic E-state index is -0.920. The molecule has 0 bridgehead atoms. The molecule has 0 unspecified atom stereocenters. The zero-order valence-electron chi connectivity index (χ0n) is 10.8. The summed E-state index contributed by atoms with van der Waals surface area (Å²) in [5.41, 5.74) is -0.805. The lowest BCUT2D eigenvalue weighted by Crippen LogP contribution is -2.28. The third-order valence-electron chi connectivity index (χ3n) is 2.69. The predicted octanol–water partition coefficient (Wildman–Crippen LogP) is 2.72. The number of halogens is 2. The lowest BCUT2D eigenvalue weighted by atomic mass is 9.85. The molecule has 0 heterocycles. The first-order valence-electron chi connectivity index (χ1n) is 5.42. The average Bonchev–Trinajstić information content (AvgIpc) is 2.31. The van der Waals surface area contributed by atoms with Gasteiger partial charge >= 0.3 is 5.97 Å². The van der Waals surface area contributed by atoms with E-state index < -0.39 is 23.0 Å². The first-order valence-corrected chi connectivity index (χ1v) is 5.42. The van der Waals surface area contributed by atoms with E-state index in [1.165, 1.54) is 14.2 Å². The molecule has 5 heteroatoms. The summed E-state index contributed by atoms with van der Waals surface area (Å²) in [6.07, 6.45) is 0.0480. The van der Waals surface area contributed by atoms with Crippen molar-refractivity contribution in [3.05, 3.63) is 29.3 Å². The van der Waals surface area contributed by atoms with Crippen LogP contribution in [0.25, 0.3) is 0 Å². The Morgan fingerprint density at radius 2 is 1.83 bits per heavy atom. The van der Waals surface area contributed by atoms with Crippen LogP contribution in [0.2, 0.25) is 0 Å². The summed E-state index contributed by atoms with van der Waals surface area (Å²) >= 11 is 0. The van der Waals surface area contributed by atoms with E-state index in [1.54, 1.807) is 13.8 Å². The van der Waals surface area contributed by atoms with Gasteiger partial charge in [-0.05, 0) is 31.9 Å². The van der Waals surface area contributed by atoms with Gasteiger partial charge in [-0.25, -0.2) is 8.78 Å². The van der Waals surface area contributed by atoms with Gasteiger partial charge in [0, 0.05) is 6.07 Å². The molecule has 0 aliphatic rings. The lowest BCUT2D eigenvalue weighted by molar-refractivity contribution is -0.150. The van der Waals surface area contributed by atoms with Gasteiger partial charge in [0.25, 0.3) is 0 Å². The number of ether oxygens (including phenoxy) is 2. The fourth-order valence-corrected chi connectivity index (χ4v) is 1.69. The van der Waals surface area contributed by atoms with Crippen molar-refractivity contribution in [2.75, 3.05) is 14.2 Å². The second kappa shape index (κ2) is 5.33. The van der Waals surface area contributed by atoms with Crippen LogP contribution in [0.4, 0.5) is 8.78 Å². The van der Waals surface area contributed by atoms with Crippen LogP contribution in [0, 0.1) is 17.0 Å². The molecule has 0 fully saturated rings. The number of esters is 1. The van der Waals surface area contributed by atoms with Crippen molar-refractivity contribution in [1.82, 2.24) is 0 Å². The van der Waals surface area contributed by atoms with Crippen molar-refractivity contribution in [3.8, 4) is 5.75 Å². The van der Waals surface area contributed by atoms with E-state index >= 15 is 0 Å². The summed E-state index contributed by atoms with van der Waals surface area (Å²) in [5.74, 6) is -1.90. The van der Waals surface area contributed by atoms with E-state index in [0.29, 0.717) is 0 Å². The van der Waals surface area contributed by atoms with Crippen LogP contribution >= 0.6 is 0 Å². The first kappa shape index (κ1) is 14.4. The number of carbonyl (C=O) groups excluding carboxylic acids is 1. The molecule has 3 nitrogen and oxygen atoms in total. The highest BCUT2D eigenvalue weighted by Crippen LogP contribution is 2.28. The van der Waals surface area contributed by atoms with Gasteiger partial charge in [0.1, 0.15) is 5.82 Å². The van der Waals surface area contributed by atoms with Gasteiger partial charge < -0.3 is 9.47 Å². The van der Waals surface area contributed by atoms with Crippen molar-refractivity contribution in [1.29, 1.82) is 0 Å². The fourth-order valence-electron chi connectivity index (χ4n) is 1.69. The molecule has 0 aliphatic carbocycles. The van der Waals surface area contributed by atoms with Gasteiger partial charge in [-0.15, -0.1) is 0 Å². The Bertz CT molecular complexity index is 456. The lowest BCUT2D eigenvalue weighted by Gasteiger charge is -2.21. The molecule has 0 saturated heterocycles. The van der Waals surface area contributed by atoms with E-state index in [-0.39, 0.29) is 17.7 Å². The van der Waals surface area contributed by atoms with Crippen LogP contribution in [0.3, 0.4) is 0 Å². The Morgan fingerprint density at radius 1 is 1.22 bits per heavy atom. The van der Waals surface area contributed by atoms with Gasteiger partial charge in [0.05, 0.1) is 19.6 Å². The zero-order chi connectivity index (χ0) is 13.9. The number of hydrogen-bond acceptors (Lipinski definition) is 3. The Kier molecular flexibility index (Phi) is 4.27. The molecule has 0 aromatic heterocycles. The van der Waals surface area contributed by atoms with E-state index in [9.17, 15) is 13.6 Å². The van der Waals surface area contributed by atoms with Crippen LogP contribution in [0.5, 0.6) is 5.75 Å². The molecule has 0 radical (unpaired) electrons. The van der Waals surface area contributed by atoms with Crippen molar-refractivity contribution in [3.63, 3.8) is 0 Å². The van der Waals surface area contributed by atoms with Gasteiger partial charge in [-0.1, -0.05) is 0 Å². The monoisotopic (exact) mass is 258 g/mol. The molecule has 1 aromatic rings. The zero-order valence-corrected chi connectivity index (χ0v) is 10.8. The van der Waals surface area contributed by atoms with E-state index in [0.717, 1.165) is 12.1 Å². The van der Waals surface area contributed by atoms with Gasteiger partial charge in [-0.2, -0.15) is 0 Å². The highest BCUT2D eigenvalue weighted by atomic mass is 19.1. The van der Waals surface area contributed by atoms with Crippen molar-refractivity contribution < 1.29 is 23.0 Å². The Hall–Kier alpha value is -1.65. The summed E-state index contributed by atoms with van der Waals surface area (Å²) in [4.78, 5) is 11.5. The van der Waals surface area contributed by atoms with Crippen molar-refractivity contribution in [2.45, 2.75) is 20.3 Å². The third kappa shape index (κ3) is 2.97. The number of rotatable bonds is 4. The number of hydrogen-bond donors (Lipinski definition) is 0. The van der Waals surface area contributed by atoms with Crippen LogP contribution in [-0.4, -0.2) is 20.2 Å². The Morgan fingerprint density at radius 3 is 2.33 bits per heavy atom. The highest BCUT2D eigenvalue weighted by molar-refractivity contribution is 5.76. The largest absolute Gasteiger partial charge is 0.494 e. The summed E-state index contributed by atoms with van der Waals surface area (Å²) in [7, 11) is 2.52. The quantitative estimate of drug-likeness (QED) is 0.779. The van der Waals surface area contributed by atoms with Crippen LogP contribution < -0.4 is 4.74 Å². The van der Waals surface area contributed by atoms with Gasteiger partial charge in [0.2, 0.25) is 0 Å². The fraction of sp³-hybridized carbons (Fsp3) is 0.462. The normalized spacial score (nSPS) is 11.2. The molecule has 100 valence electrons. The summed E-state index contributed by atoms with van der Waals surface area (Å²) in [5, 5.41) is 0. The van der Waals surface area contributed by atoms with E-state index in [1.807, 2.05) is 0 Å². The molecule has 0 saturated carbocycles. The molecule has 1 rings (SSSR count). The molecule has 0 atom stereocenters. The predicted molar refractivity (Wildman–Crippen MR) is 62.4 cm³/mol. The van der Waals surface area contributed by atoms with E-state index in [2.05, 4.69) is 9.47 Å². The molecular weight excluding hydrogens is 242 g/mol. The standard InChI is InChI=1S/C13H16F2O3/c1-13(2,12(16)18-4)7-8-5-10(15)11(17-3)6-9(8)14/h5-6H,7H2,1-4H3. The van der Waals surface area contributed by atoms with Crippen molar-refractivity contribution in [2.24, 2.45) is 5.41 Å². The topological polar surface area (TPSA) is 35.5 Å². The van der Waals surface area contributed by atoms with Gasteiger partial charge in [-0.3, -0.25) is 4.79 Å². The molecule has 0 N–H and O–H groups in total. The second-order valence-corrected chi connectivity index (χ2v) is 4.63. The van der Waals surface area contributed by atoms with Crippen LogP contribution in [-0.2, 0) is 16.0 Å². The van der Waals surface area contributed by atoms with Crippen LogP contribution in [0.1, 0.15) is 19.4 Å². The second-order valence-electron chi connectivity index (χ2n) is 4.63. The summed E-state index contributed by atoms with van der Waals surface area (Å²) in [6, 6.07) is 2.01. The molecule has 0 aliphatic heterocycles. The summed E-state index contributed by atoms with van der Waals surface area (Å²) < 4.78 is 36.5.